The zero-order valence-corrected chi connectivity index (χ0v) is 17.3. The Labute approximate surface area is 160 Å². The van der Waals surface area contributed by atoms with Crippen molar-refractivity contribution < 1.29 is 21.6 Å². The Morgan fingerprint density at radius 1 is 1.00 bits per heavy atom. The Morgan fingerprint density at radius 2 is 1.67 bits per heavy atom. The van der Waals surface area contributed by atoms with E-state index in [1.807, 2.05) is 0 Å². The molecule has 0 fully saturated rings. The van der Waals surface area contributed by atoms with E-state index in [1.165, 1.54) is 37.6 Å². The highest BCUT2D eigenvalue weighted by molar-refractivity contribution is 7.92. The number of anilines is 1. The van der Waals surface area contributed by atoms with Gasteiger partial charge in [-0.25, -0.2) is 21.1 Å². The predicted octanol–water partition coefficient (Wildman–Crippen LogP) is 2.01. The summed E-state index contributed by atoms with van der Waals surface area (Å²) >= 11 is 0. The second-order valence-electron chi connectivity index (χ2n) is 6.54. The van der Waals surface area contributed by atoms with E-state index in [-0.39, 0.29) is 16.3 Å². The van der Waals surface area contributed by atoms with Crippen LogP contribution in [0.2, 0.25) is 0 Å². The fourth-order valence-electron chi connectivity index (χ4n) is 3.11. The molecule has 1 heterocycles. The van der Waals surface area contributed by atoms with Crippen LogP contribution in [0.5, 0.6) is 5.75 Å². The van der Waals surface area contributed by atoms with Crippen LogP contribution in [0.4, 0.5) is 5.69 Å². The average Bonchev–Trinajstić information content (AvgIpc) is 3.05. The van der Waals surface area contributed by atoms with Crippen LogP contribution in [0.3, 0.4) is 0 Å². The van der Waals surface area contributed by atoms with Gasteiger partial charge in [-0.05, 0) is 60.9 Å². The van der Waals surface area contributed by atoms with Gasteiger partial charge in [-0.2, -0.15) is 0 Å². The molecule has 0 unspecified atom stereocenters. The number of nitrogens with zero attached hydrogens (tertiary/aromatic N) is 2. The predicted molar refractivity (Wildman–Crippen MR) is 103 cm³/mol. The normalized spacial score (nSPS) is 14.5. The van der Waals surface area contributed by atoms with E-state index >= 15 is 0 Å². The van der Waals surface area contributed by atoms with Crippen molar-refractivity contribution in [3.05, 3.63) is 47.5 Å². The summed E-state index contributed by atoms with van der Waals surface area (Å²) in [6.07, 6.45) is 0.459. The maximum absolute atomic E-state index is 13.1. The second-order valence-corrected chi connectivity index (χ2v) is 10.6. The van der Waals surface area contributed by atoms with Gasteiger partial charge in [0.15, 0.2) is 0 Å². The first-order valence-electron chi connectivity index (χ1n) is 8.32. The summed E-state index contributed by atoms with van der Waals surface area (Å²) < 4.78 is 58.5. The molecule has 1 aliphatic rings. The van der Waals surface area contributed by atoms with Gasteiger partial charge in [-0.1, -0.05) is 0 Å². The number of ether oxygens (including phenoxy) is 1. The van der Waals surface area contributed by atoms with Crippen molar-refractivity contribution in [1.29, 1.82) is 0 Å². The molecule has 1 aliphatic heterocycles. The SMILES string of the molecule is COc1ccc(S(=O)(=O)N2CCc3cc(S(=O)(=O)N(C)C)ccc32)cc1C. The quantitative estimate of drug-likeness (QED) is 0.753. The molecular formula is C18H22N2O5S2. The Morgan fingerprint density at radius 3 is 2.26 bits per heavy atom. The maximum atomic E-state index is 13.1. The lowest BCUT2D eigenvalue weighted by atomic mass is 10.2. The number of methoxy groups -OCH3 is 1. The third-order valence-corrected chi connectivity index (χ3v) is 8.26. The number of hydrogen-bond acceptors (Lipinski definition) is 5. The molecule has 0 N–H and O–H groups in total. The lowest BCUT2D eigenvalue weighted by molar-refractivity contribution is 0.411. The van der Waals surface area contributed by atoms with Gasteiger partial charge in [0, 0.05) is 20.6 Å². The van der Waals surface area contributed by atoms with Crippen molar-refractivity contribution in [2.45, 2.75) is 23.1 Å². The number of hydrogen-bond donors (Lipinski definition) is 0. The summed E-state index contributed by atoms with van der Waals surface area (Å²) in [7, 11) is -2.85. The first-order valence-corrected chi connectivity index (χ1v) is 11.2. The molecular weight excluding hydrogens is 388 g/mol. The monoisotopic (exact) mass is 410 g/mol. The smallest absolute Gasteiger partial charge is 0.264 e. The Balaban J connectivity index is 2.01. The molecule has 0 saturated carbocycles. The third-order valence-electron chi connectivity index (χ3n) is 4.64. The number of aryl methyl sites for hydroxylation is 1. The Kier molecular flexibility index (Phi) is 4.96. The van der Waals surface area contributed by atoms with Crippen LogP contribution in [0.1, 0.15) is 11.1 Å². The molecule has 0 saturated heterocycles. The first-order chi connectivity index (χ1) is 12.6. The average molecular weight is 411 g/mol. The highest BCUT2D eigenvalue weighted by Crippen LogP contribution is 2.35. The van der Waals surface area contributed by atoms with Crippen LogP contribution in [0.25, 0.3) is 0 Å². The van der Waals surface area contributed by atoms with Gasteiger partial charge in [0.25, 0.3) is 10.0 Å². The summed E-state index contributed by atoms with van der Waals surface area (Å²) in [5.74, 6) is 0.620. The molecule has 27 heavy (non-hydrogen) atoms. The van der Waals surface area contributed by atoms with Crippen molar-refractivity contribution in [3.63, 3.8) is 0 Å². The van der Waals surface area contributed by atoms with Gasteiger partial charge in [-0.3, -0.25) is 4.31 Å². The molecule has 9 heteroatoms. The lowest BCUT2D eigenvalue weighted by Gasteiger charge is -2.20. The molecule has 0 spiro atoms. The fraction of sp³-hybridized carbons (Fsp3) is 0.333. The van der Waals surface area contributed by atoms with E-state index in [4.69, 9.17) is 4.74 Å². The largest absolute Gasteiger partial charge is 0.496 e. The zero-order chi connectivity index (χ0) is 20.0. The molecule has 0 aromatic heterocycles. The van der Waals surface area contributed by atoms with Crippen molar-refractivity contribution in [3.8, 4) is 5.75 Å². The summed E-state index contributed by atoms with van der Waals surface area (Å²) in [6, 6.07) is 9.29. The van der Waals surface area contributed by atoms with Crippen LogP contribution in [0, 0.1) is 6.92 Å². The summed E-state index contributed by atoms with van der Waals surface area (Å²) in [5, 5.41) is 0. The van der Waals surface area contributed by atoms with E-state index in [2.05, 4.69) is 0 Å². The van der Waals surface area contributed by atoms with Crippen molar-refractivity contribution >= 4 is 25.7 Å². The molecule has 0 amide bonds. The van der Waals surface area contributed by atoms with Gasteiger partial charge >= 0.3 is 0 Å². The van der Waals surface area contributed by atoms with Crippen LogP contribution in [0.15, 0.2) is 46.2 Å². The van der Waals surface area contributed by atoms with E-state index in [0.717, 1.165) is 9.87 Å². The maximum Gasteiger partial charge on any atom is 0.264 e. The minimum atomic E-state index is -3.75. The minimum Gasteiger partial charge on any atom is -0.496 e. The fourth-order valence-corrected chi connectivity index (χ4v) is 5.65. The Bertz CT molecular complexity index is 1090. The van der Waals surface area contributed by atoms with Crippen LogP contribution in [-0.4, -0.2) is 48.9 Å². The van der Waals surface area contributed by atoms with Crippen molar-refractivity contribution in [2.24, 2.45) is 0 Å². The molecule has 0 atom stereocenters. The summed E-state index contributed by atoms with van der Waals surface area (Å²) in [5.41, 5.74) is 1.94. The van der Waals surface area contributed by atoms with E-state index in [9.17, 15) is 16.8 Å². The summed E-state index contributed by atoms with van der Waals surface area (Å²) in [4.78, 5) is 0.337. The molecule has 2 aromatic carbocycles. The Hall–Kier alpha value is -2.10. The molecule has 0 radical (unpaired) electrons. The van der Waals surface area contributed by atoms with Crippen molar-refractivity contribution in [1.82, 2.24) is 4.31 Å². The van der Waals surface area contributed by atoms with Crippen LogP contribution in [-0.2, 0) is 26.5 Å². The van der Waals surface area contributed by atoms with E-state index < -0.39 is 20.0 Å². The van der Waals surface area contributed by atoms with Gasteiger partial charge in [-0.15, -0.1) is 0 Å². The zero-order valence-electron chi connectivity index (χ0n) is 15.6. The standard InChI is InChI=1S/C18H22N2O5S2/c1-13-11-15(6-8-18(13)25-4)27(23,24)20-10-9-14-12-16(5-7-17(14)20)26(21,22)19(2)3/h5-8,11-12H,9-10H2,1-4H3. The highest BCUT2D eigenvalue weighted by Gasteiger charge is 2.32. The van der Waals surface area contributed by atoms with Crippen LogP contribution >= 0.6 is 0 Å². The number of rotatable bonds is 5. The van der Waals surface area contributed by atoms with Crippen LogP contribution < -0.4 is 9.04 Å². The van der Waals surface area contributed by atoms with Gasteiger partial charge in [0.2, 0.25) is 10.0 Å². The molecule has 7 nitrogen and oxygen atoms in total. The van der Waals surface area contributed by atoms with Crippen molar-refractivity contribution in [2.75, 3.05) is 32.1 Å². The topological polar surface area (TPSA) is 84.0 Å². The minimum absolute atomic E-state index is 0.158. The summed E-state index contributed by atoms with van der Waals surface area (Å²) in [6.45, 7) is 2.06. The number of sulfonamides is 2. The van der Waals surface area contributed by atoms with Gasteiger partial charge < -0.3 is 4.74 Å². The molecule has 146 valence electrons. The third kappa shape index (κ3) is 3.30. The van der Waals surface area contributed by atoms with Gasteiger partial charge in [0.1, 0.15) is 5.75 Å². The van der Waals surface area contributed by atoms with E-state index in [0.29, 0.717) is 23.4 Å². The van der Waals surface area contributed by atoms with E-state index in [1.54, 1.807) is 31.2 Å². The molecule has 0 aliphatic carbocycles. The molecule has 3 rings (SSSR count). The van der Waals surface area contributed by atoms with Gasteiger partial charge in [0.05, 0.1) is 22.6 Å². The molecule has 0 bridgehead atoms. The molecule has 2 aromatic rings. The highest BCUT2D eigenvalue weighted by atomic mass is 32.2. The second kappa shape index (κ2) is 6.81. The lowest BCUT2D eigenvalue weighted by Crippen LogP contribution is -2.29. The number of benzene rings is 2. The first kappa shape index (κ1) is 19.7. The number of fused-ring (bicyclic) bond motifs is 1.